The number of aromatic nitrogens is 6. The van der Waals surface area contributed by atoms with Gasteiger partial charge in [0.05, 0.1) is 11.0 Å². The molecule has 2 aliphatic rings. The number of hydrogen-bond donors (Lipinski definition) is 5. The Morgan fingerprint density at radius 3 is 2.67 bits per heavy atom. The topological polar surface area (TPSA) is 162 Å². The molecule has 12 heteroatoms. The van der Waals surface area contributed by atoms with Crippen LogP contribution >= 0.6 is 0 Å². The number of nitrogens with zero attached hydrogens (tertiary/aromatic N) is 6. The standard InChI is InChI=1S/C30H42N8O4/c1-16(2)36(13-22-25(39)26(40)29(42-22)37-14-32-24-27(31)33-15-38(41)28(24)37)19-10-17(11-19)6-9-23-34-20-8-7-18(30(3,4)5)12-21(20)35-23/h7-8,12,14-17,19,22,25-26,29,31,39-41H,6,9-11,13H2,1-5H3,(H,34,35)/p+1/t17-,19+,22-,25-,26-,29-/m1/s1. The molecule has 1 saturated carbocycles. The molecule has 6 rings (SSSR count). The van der Waals surface area contributed by atoms with Crippen molar-refractivity contribution in [3.63, 3.8) is 0 Å². The zero-order chi connectivity index (χ0) is 29.9. The van der Waals surface area contributed by atoms with Crippen molar-refractivity contribution in [2.75, 3.05) is 12.3 Å². The van der Waals surface area contributed by atoms with Crippen LogP contribution < -0.4 is 10.5 Å². The zero-order valence-corrected chi connectivity index (χ0v) is 25.0. The van der Waals surface area contributed by atoms with Crippen LogP contribution in [0, 0.1) is 5.92 Å². The Kier molecular flexibility index (Phi) is 7.37. The van der Waals surface area contributed by atoms with E-state index >= 15 is 0 Å². The van der Waals surface area contributed by atoms with Gasteiger partial charge in [0, 0.05) is 25.0 Å². The lowest BCUT2D eigenvalue weighted by molar-refractivity contribution is -0.888. The minimum absolute atomic E-state index is 0.0945. The van der Waals surface area contributed by atoms with Crippen LogP contribution in [0.4, 0.5) is 5.82 Å². The van der Waals surface area contributed by atoms with E-state index in [1.807, 2.05) is 0 Å². The van der Waals surface area contributed by atoms with Crippen LogP contribution in [0.15, 0.2) is 30.9 Å². The number of imidazole rings is 2. The predicted octanol–water partition coefficient (Wildman–Crippen LogP) is 2.45. The summed E-state index contributed by atoms with van der Waals surface area (Å²) >= 11 is 0. The van der Waals surface area contributed by atoms with E-state index in [-0.39, 0.29) is 28.4 Å². The molecule has 6 N–H and O–H groups in total. The summed E-state index contributed by atoms with van der Waals surface area (Å²) in [5, 5.41) is 32.2. The summed E-state index contributed by atoms with van der Waals surface area (Å²) in [4.78, 5) is 18.9. The molecule has 0 radical (unpaired) electrons. The molecule has 4 heterocycles. The van der Waals surface area contributed by atoms with E-state index < -0.39 is 24.5 Å². The molecule has 226 valence electrons. The van der Waals surface area contributed by atoms with Gasteiger partial charge in [0.1, 0.15) is 24.1 Å². The van der Waals surface area contributed by atoms with Gasteiger partial charge < -0.3 is 30.9 Å². The van der Waals surface area contributed by atoms with Crippen LogP contribution in [0.5, 0.6) is 0 Å². The van der Waals surface area contributed by atoms with Gasteiger partial charge >= 0.3 is 5.65 Å². The normalized spacial score (nSPS) is 26.6. The Hall–Kier alpha value is -3.32. The highest BCUT2D eigenvalue weighted by Gasteiger charge is 2.48. The van der Waals surface area contributed by atoms with E-state index in [9.17, 15) is 15.4 Å². The Labute approximate surface area is 245 Å². The zero-order valence-electron chi connectivity index (χ0n) is 25.0. The van der Waals surface area contributed by atoms with Gasteiger partial charge in [-0.25, -0.2) is 14.5 Å². The SMILES string of the molecule is CC(C)N(C[C@H]1O[C@@H](n2cnc3c(N)nc[n+](O)c32)[C@H](O)[C@@H]1O)[C@H]1C[C@@H](CCc2nc3cc(C(C)(C)C)ccc3[nH]2)C1. The first-order chi connectivity index (χ1) is 19.9. The Morgan fingerprint density at radius 2 is 1.95 bits per heavy atom. The molecule has 4 atom stereocenters. The first-order valence-electron chi connectivity index (χ1n) is 14.9. The summed E-state index contributed by atoms with van der Waals surface area (Å²) in [6.07, 6.45) is 2.90. The van der Waals surface area contributed by atoms with Crippen molar-refractivity contribution in [1.82, 2.24) is 29.4 Å². The minimum Gasteiger partial charge on any atom is -0.387 e. The van der Waals surface area contributed by atoms with Crippen LogP contribution in [0.1, 0.15) is 71.5 Å². The van der Waals surface area contributed by atoms with Crippen molar-refractivity contribution < 1.29 is 24.9 Å². The number of H-pyrrole nitrogens is 1. The van der Waals surface area contributed by atoms with Gasteiger partial charge in [0.25, 0.3) is 6.33 Å². The molecular weight excluding hydrogens is 536 g/mol. The number of benzene rings is 1. The number of aliphatic hydroxyl groups excluding tert-OH is 2. The van der Waals surface area contributed by atoms with Crippen LogP contribution in [0.25, 0.3) is 22.2 Å². The predicted molar refractivity (Wildman–Crippen MR) is 157 cm³/mol. The maximum atomic E-state index is 11.0. The van der Waals surface area contributed by atoms with E-state index in [4.69, 9.17) is 15.5 Å². The number of aryl methyl sites for hydroxylation is 1. The summed E-state index contributed by atoms with van der Waals surface area (Å²) < 4.78 is 8.48. The monoisotopic (exact) mass is 579 g/mol. The fraction of sp³-hybridized carbons (Fsp3) is 0.600. The Balaban J connectivity index is 1.07. The van der Waals surface area contributed by atoms with Crippen LogP contribution in [-0.4, -0.2) is 81.8 Å². The summed E-state index contributed by atoms with van der Waals surface area (Å²) in [5.74, 6) is 1.80. The average Bonchev–Trinajstić information content (AvgIpc) is 3.60. The first-order valence-corrected chi connectivity index (χ1v) is 14.9. The molecule has 1 aliphatic heterocycles. The van der Waals surface area contributed by atoms with Gasteiger partial charge in [-0.1, -0.05) is 36.6 Å². The molecule has 1 aliphatic carbocycles. The molecule has 2 fully saturated rings. The maximum absolute atomic E-state index is 11.0. The molecule has 0 spiro atoms. The molecule has 1 aromatic carbocycles. The third-order valence-corrected chi connectivity index (χ3v) is 9.07. The minimum atomic E-state index is -1.20. The summed E-state index contributed by atoms with van der Waals surface area (Å²) in [6.45, 7) is 11.4. The first kappa shape index (κ1) is 28.8. The second kappa shape index (κ2) is 10.7. The molecule has 0 amide bonds. The average molecular weight is 580 g/mol. The number of nitrogens with two attached hydrogens (primary N) is 1. The van der Waals surface area contributed by atoms with E-state index in [0.29, 0.717) is 18.5 Å². The molecule has 4 aromatic rings. The lowest BCUT2D eigenvalue weighted by atomic mass is 9.76. The maximum Gasteiger partial charge on any atom is 0.301 e. The second-order valence-corrected chi connectivity index (χ2v) is 13.3. The highest BCUT2D eigenvalue weighted by molar-refractivity contribution is 5.79. The van der Waals surface area contributed by atoms with Crippen molar-refractivity contribution >= 4 is 28.0 Å². The van der Waals surface area contributed by atoms with Crippen LogP contribution in [-0.2, 0) is 16.6 Å². The van der Waals surface area contributed by atoms with Crippen molar-refractivity contribution in [3.8, 4) is 0 Å². The van der Waals surface area contributed by atoms with Crippen molar-refractivity contribution in [2.45, 2.75) is 102 Å². The summed E-state index contributed by atoms with van der Waals surface area (Å²) in [6, 6.07) is 7.14. The van der Waals surface area contributed by atoms with E-state index in [1.54, 1.807) is 0 Å². The van der Waals surface area contributed by atoms with Crippen molar-refractivity contribution in [2.24, 2.45) is 5.92 Å². The Morgan fingerprint density at radius 1 is 1.19 bits per heavy atom. The van der Waals surface area contributed by atoms with Crippen LogP contribution in [0.2, 0.25) is 0 Å². The number of ether oxygens (including phenoxy) is 1. The number of rotatable bonds is 8. The van der Waals surface area contributed by atoms with Gasteiger partial charge in [-0.2, -0.15) is 0 Å². The molecule has 0 unspecified atom stereocenters. The molecule has 1 saturated heterocycles. The lowest BCUT2D eigenvalue weighted by Crippen LogP contribution is -2.52. The quantitative estimate of drug-likeness (QED) is 0.156. The number of hydrogen-bond acceptors (Lipinski definition) is 9. The van der Waals surface area contributed by atoms with E-state index in [2.05, 4.69) is 72.7 Å². The molecule has 3 aromatic heterocycles. The third kappa shape index (κ3) is 5.21. The number of anilines is 1. The molecule has 42 heavy (non-hydrogen) atoms. The van der Waals surface area contributed by atoms with Crippen molar-refractivity contribution in [1.29, 1.82) is 0 Å². The number of nitrogens with one attached hydrogen (secondary N) is 1. The number of aliphatic hydroxyl groups is 2. The third-order valence-electron chi connectivity index (χ3n) is 9.07. The van der Waals surface area contributed by atoms with Gasteiger partial charge in [-0.3, -0.25) is 4.90 Å². The highest BCUT2D eigenvalue weighted by atomic mass is 16.6. The molecule has 0 bridgehead atoms. The van der Waals surface area contributed by atoms with E-state index in [1.165, 1.54) is 16.5 Å². The van der Waals surface area contributed by atoms with Gasteiger partial charge in [-0.05, 0) is 62.1 Å². The second-order valence-electron chi connectivity index (χ2n) is 13.3. The van der Waals surface area contributed by atoms with Gasteiger partial charge in [0.15, 0.2) is 6.33 Å². The van der Waals surface area contributed by atoms with E-state index in [0.717, 1.165) is 53.6 Å². The van der Waals surface area contributed by atoms with Gasteiger partial charge in [-0.15, -0.1) is 0 Å². The number of fused-ring (bicyclic) bond motifs is 2. The summed E-state index contributed by atoms with van der Waals surface area (Å²) in [5.41, 5.74) is 9.93. The summed E-state index contributed by atoms with van der Waals surface area (Å²) in [7, 11) is 0. The molecule has 12 nitrogen and oxygen atoms in total. The smallest absolute Gasteiger partial charge is 0.301 e. The highest BCUT2D eigenvalue weighted by Crippen LogP contribution is 2.38. The van der Waals surface area contributed by atoms with Crippen LogP contribution in [0.3, 0.4) is 0 Å². The van der Waals surface area contributed by atoms with Crippen molar-refractivity contribution in [3.05, 3.63) is 42.2 Å². The van der Waals surface area contributed by atoms with Gasteiger partial charge in [0.2, 0.25) is 17.6 Å². The lowest BCUT2D eigenvalue weighted by Gasteiger charge is -2.46. The Bertz CT molecular complexity index is 1570. The number of nitrogen functional groups attached to an aromatic ring is 1. The number of aromatic amines is 1. The fourth-order valence-corrected chi connectivity index (χ4v) is 6.47. The molecular formula is C30H43N8O4+. The fourth-order valence-electron chi connectivity index (χ4n) is 6.47. The largest absolute Gasteiger partial charge is 0.387 e.